The fourth-order valence-corrected chi connectivity index (χ4v) is 3.51. The molecule has 0 radical (unpaired) electrons. The number of rotatable bonds is 6. The third-order valence-corrected chi connectivity index (χ3v) is 5.20. The lowest BCUT2D eigenvalue weighted by Crippen LogP contribution is -2.39. The van der Waals surface area contributed by atoms with Gasteiger partial charge in [-0.1, -0.05) is 12.1 Å². The molecule has 1 aromatic carbocycles. The first-order valence-corrected chi connectivity index (χ1v) is 8.72. The number of carboxylic acid groups (broad SMARTS) is 1. The first-order chi connectivity index (χ1) is 12.0. The molecule has 2 fully saturated rings. The summed E-state index contributed by atoms with van der Waals surface area (Å²) in [5.41, 5.74) is 0.921. The minimum absolute atomic E-state index is 0.0417. The van der Waals surface area contributed by atoms with Crippen molar-refractivity contribution in [2.45, 2.75) is 51.1 Å². The predicted octanol–water partition coefficient (Wildman–Crippen LogP) is 2.98. The number of hydrogen-bond donors (Lipinski definition) is 1. The molecule has 0 spiro atoms. The molecule has 0 bridgehead atoms. The second-order valence-corrected chi connectivity index (χ2v) is 7.01. The summed E-state index contributed by atoms with van der Waals surface area (Å²) < 4.78 is 0. The van der Waals surface area contributed by atoms with Gasteiger partial charge in [0.15, 0.2) is 0 Å². The van der Waals surface area contributed by atoms with Gasteiger partial charge in [-0.25, -0.2) is 0 Å². The molecule has 0 atom stereocenters. The van der Waals surface area contributed by atoms with E-state index in [1.165, 1.54) is 12.1 Å². The minimum Gasteiger partial charge on any atom is -0.481 e. The molecule has 3 rings (SSSR count). The van der Waals surface area contributed by atoms with Crippen LogP contribution in [0.5, 0.6) is 0 Å². The van der Waals surface area contributed by atoms with E-state index < -0.39 is 10.9 Å². The molecule has 0 saturated heterocycles. The lowest BCUT2D eigenvalue weighted by molar-refractivity contribution is -0.384. The van der Waals surface area contributed by atoms with Crippen molar-refractivity contribution in [2.75, 3.05) is 0 Å². The summed E-state index contributed by atoms with van der Waals surface area (Å²) in [6.07, 6.45) is 4.34. The van der Waals surface area contributed by atoms with Crippen molar-refractivity contribution >= 4 is 17.6 Å². The highest BCUT2D eigenvalue weighted by Crippen LogP contribution is 2.35. The largest absolute Gasteiger partial charge is 0.481 e. The summed E-state index contributed by atoms with van der Waals surface area (Å²) >= 11 is 0. The summed E-state index contributed by atoms with van der Waals surface area (Å²) in [4.78, 5) is 36.1. The summed E-state index contributed by atoms with van der Waals surface area (Å²) in [7, 11) is 0. The van der Waals surface area contributed by atoms with Crippen molar-refractivity contribution in [2.24, 2.45) is 11.8 Å². The van der Waals surface area contributed by atoms with Crippen LogP contribution in [0.25, 0.3) is 0 Å². The van der Waals surface area contributed by atoms with E-state index in [-0.39, 0.29) is 29.5 Å². The fourth-order valence-electron chi connectivity index (χ4n) is 3.51. The number of nitro groups is 1. The highest BCUT2D eigenvalue weighted by molar-refractivity contribution is 5.80. The van der Waals surface area contributed by atoms with Crippen LogP contribution in [-0.2, 0) is 16.1 Å². The maximum Gasteiger partial charge on any atom is 0.306 e. The van der Waals surface area contributed by atoms with Crippen LogP contribution in [0.3, 0.4) is 0 Å². The van der Waals surface area contributed by atoms with Crippen molar-refractivity contribution in [3.63, 3.8) is 0 Å². The molecule has 7 nitrogen and oxygen atoms in total. The summed E-state index contributed by atoms with van der Waals surface area (Å²) in [6, 6.07) is 6.57. The van der Waals surface area contributed by atoms with E-state index in [9.17, 15) is 19.7 Å². The maximum atomic E-state index is 12.9. The van der Waals surface area contributed by atoms with E-state index in [1.807, 2.05) is 4.90 Å². The number of nitro benzene ring substituents is 1. The molecular weight excluding hydrogens is 324 g/mol. The van der Waals surface area contributed by atoms with Crippen LogP contribution >= 0.6 is 0 Å². The van der Waals surface area contributed by atoms with Crippen molar-refractivity contribution in [1.82, 2.24) is 4.90 Å². The highest BCUT2D eigenvalue weighted by atomic mass is 16.6. The van der Waals surface area contributed by atoms with E-state index >= 15 is 0 Å². The molecule has 25 heavy (non-hydrogen) atoms. The van der Waals surface area contributed by atoms with Crippen molar-refractivity contribution in [3.8, 4) is 0 Å². The Bertz CT molecular complexity index is 661. The average molecular weight is 346 g/mol. The van der Waals surface area contributed by atoms with Gasteiger partial charge in [0, 0.05) is 30.6 Å². The average Bonchev–Trinajstić information content (AvgIpc) is 3.44. The van der Waals surface area contributed by atoms with Crippen LogP contribution in [0.1, 0.15) is 44.1 Å². The van der Waals surface area contributed by atoms with E-state index in [2.05, 4.69) is 0 Å². The van der Waals surface area contributed by atoms with Gasteiger partial charge in [-0.05, 0) is 44.1 Å². The van der Waals surface area contributed by atoms with Crippen molar-refractivity contribution < 1.29 is 19.6 Å². The van der Waals surface area contributed by atoms with Crippen molar-refractivity contribution in [1.29, 1.82) is 0 Å². The number of carboxylic acids is 1. The number of amides is 1. The molecule has 134 valence electrons. The molecule has 1 amide bonds. The Morgan fingerprint density at radius 2 is 1.60 bits per heavy atom. The highest BCUT2D eigenvalue weighted by Gasteiger charge is 2.38. The zero-order valence-corrected chi connectivity index (χ0v) is 14.0. The first-order valence-electron chi connectivity index (χ1n) is 8.72. The fraction of sp³-hybridized carbons (Fsp3) is 0.556. The van der Waals surface area contributed by atoms with Gasteiger partial charge in [0.1, 0.15) is 0 Å². The number of hydrogen-bond acceptors (Lipinski definition) is 4. The standard InChI is InChI=1S/C18H22N2O5/c21-17(13-3-5-14(6-4-13)18(22)23)19(15-9-10-15)11-12-1-7-16(8-2-12)20(24)25/h1-2,7-8,13-15H,3-6,9-11H2,(H,22,23). The van der Waals surface area contributed by atoms with Crippen molar-refractivity contribution in [3.05, 3.63) is 39.9 Å². The quantitative estimate of drug-likeness (QED) is 0.630. The second kappa shape index (κ2) is 7.21. The van der Waals surface area contributed by atoms with Crippen LogP contribution in [-0.4, -0.2) is 32.8 Å². The Kier molecular flexibility index (Phi) is 5.01. The van der Waals surface area contributed by atoms with Gasteiger partial charge in [-0.15, -0.1) is 0 Å². The van der Waals surface area contributed by atoms with Crippen LogP contribution in [0.15, 0.2) is 24.3 Å². The summed E-state index contributed by atoms with van der Waals surface area (Å²) in [5, 5.41) is 19.8. The molecule has 2 aliphatic rings. The maximum absolute atomic E-state index is 12.9. The monoisotopic (exact) mass is 346 g/mol. The molecule has 2 aliphatic carbocycles. The zero-order valence-electron chi connectivity index (χ0n) is 14.0. The molecule has 1 N–H and O–H groups in total. The number of aliphatic carboxylic acids is 1. The van der Waals surface area contributed by atoms with Gasteiger partial charge in [-0.2, -0.15) is 0 Å². The molecule has 1 aromatic rings. The smallest absolute Gasteiger partial charge is 0.306 e. The van der Waals surface area contributed by atoms with Gasteiger partial charge >= 0.3 is 5.97 Å². The second-order valence-electron chi connectivity index (χ2n) is 7.01. The van der Waals surface area contributed by atoms with Crippen LogP contribution in [0.2, 0.25) is 0 Å². The molecule has 0 aromatic heterocycles. The molecular formula is C18H22N2O5. The number of carbonyl (C=O) groups is 2. The van der Waals surface area contributed by atoms with Gasteiger partial charge in [0.2, 0.25) is 5.91 Å². The van der Waals surface area contributed by atoms with Gasteiger partial charge in [-0.3, -0.25) is 19.7 Å². The van der Waals surface area contributed by atoms with Gasteiger partial charge in [0.05, 0.1) is 10.8 Å². The molecule has 2 saturated carbocycles. The van der Waals surface area contributed by atoms with E-state index in [0.29, 0.717) is 32.2 Å². The van der Waals surface area contributed by atoms with Gasteiger partial charge in [0.25, 0.3) is 5.69 Å². The number of benzene rings is 1. The van der Waals surface area contributed by atoms with Crippen LogP contribution < -0.4 is 0 Å². The third-order valence-electron chi connectivity index (χ3n) is 5.20. The Labute approximate surface area is 145 Å². The summed E-state index contributed by atoms with van der Waals surface area (Å²) in [5.74, 6) is -1.09. The summed E-state index contributed by atoms with van der Waals surface area (Å²) in [6.45, 7) is 0.459. The SMILES string of the molecule is O=C(O)C1CCC(C(=O)N(Cc2ccc([N+](=O)[O-])cc2)C2CC2)CC1. The minimum atomic E-state index is -0.768. The van der Waals surface area contributed by atoms with Crippen LogP contribution in [0, 0.1) is 22.0 Å². The predicted molar refractivity (Wildman–Crippen MR) is 89.8 cm³/mol. The van der Waals surface area contributed by atoms with E-state index in [0.717, 1.165) is 18.4 Å². The third kappa shape index (κ3) is 4.15. The molecule has 7 heteroatoms. The topological polar surface area (TPSA) is 101 Å². The van der Waals surface area contributed by atoms with E-state index in [4.69, 9.17) is 5.11 Å². The Balaban J connectivity index is 1.64. The normalized spacial score (nSPS) is 23.0. The van der Waals surface area contributed by atoms with E-state index in [1.54, 1.807) is 12.1 Å². The lowest BCUT2D eigenvalue weighted by Gasteiger charge is -2.31. The Morgan fingerprint density at radius 3 is 2.08 bits per heavy atom. The molecule has 0 aliphatic heterocycles. The lowest BCUT2D eigenvalue weighted by atomic mass is 9.81. The van der Waals surface area contributed by atoms with Crippen LogP contribution in [0.4, 0.5) is 5.69 Å². The molecule has 0 heterocycles. The van der Waals surface area contributed by atoms with Gasteiger partial charge < -0.3 is 10.0 Å². The number of carbonyl (C=O) groups excluding carboxylic acids is 1. The molecule has 0 unspecified atom stereocenters. The number of non-ortho nitro benzene ring substituents is 1. The first kappa shape index (κ1) is 17.4. The zero-order chi connectivity index (χ0) is 18.0. The number of nitrogens with zero attached hydrogens (tertiary/aromatic N) is 2. The Morgan fingerprint density at radius 1 is 1.04 bits per heavy atom. The Hall–Kier alpha value is -2.44.